The Morgan fingerprint density at radius 1 is 0.970 bits per heavy atom. The second-order valence-electron chi connectivity index (χ2n) is 9.00. The summed E-state index contributed by atoms with van der Waals surface area (Å²) in [6.07, 6.45) is 4.87. The maximum atomic E-state index is 13.5. The smallest absolute Gasteiger partial charge is 0.254 e. The van der Waals surface area contributed by atoms with Crippen LogP contribution in [0.4, 0.5) is 0 Å². The van der Waals surface area contributed by atoms with Gasteiger partial charge in [0.15, 0.2) is 0 Å². The van der Waals surface area contributed by atoms with Crippen molar-refractivity contribution in [2.24, 2.45) is 7.05 Å². The van der Waals surface area contributed by atoms with Gasteiger partial charge in [-0.05, 0) is 61.6 Å². The molecule has 1 saturated carbocycles. The van der Waals surface area contributed by atoms with Crippen molar-refractivity contribution in [2.75, 3.05) is 6.54 Å². The van der Waals surface area contributed by atoms with Crippen molar-refractivity contribution in [3.8, 4) is 11.1 Å². The lowest BCUT2D eigenvalue weighted by Crippen LogP contribution is -2.47. The molecule has 1 atom stereocenters. The molecule has 1 fully saturated rings. The zero-order valence-electron chi connectivity index (χ0n) is 19.8. The highest BCUT2D eigenvalue weighted by atomic mass is 16.2. The number of hydrogen-bond donors (Lipinski definition) is 0. The van der Waals surface area contributed by atoms with E-state index in [1.807, 2.05) is 73.6 Å². The number of aromatic nitrogens is 1. The Labute approximate surface area is 196 Å². The van der Waals surface area contributed by atoms with E-state index in [0.717, 1.165) is 36.1 Å². The van der Waals surface area contributed by atoms with Crippen LogP contribution in [0.2, 0.25) is 0 Å². The van der Waals surface area contributed by atoms with Crippen LogP contribution in [0.5, 0.6) is 0 Å². The van der Waals surface area contributed by atoms with E-state index < -0.39 is 0 Å². The van der Waals surface area contributed by atoms with Crippen LogP contribution in [0.3, 0.4) is 0 Å². The molecular weight excluding hydrogens is 410 g/mol. The van der Waals surface area contributed by atoms with E-state index in [9.17, 15) is 9.59 Å². The molecule has 1 aliphatic carbocycles. The fourth-order valence-corrected chi connectivity index (χ4v) is 4.13. The van der Waals surface area contributed by atoms with Crippen LogP contribution in [0.25, 0.3) is 11.1 Å². The highest BCUT2D eigenvalue weighted by Crippen LogP contribution is 2.29. The van der Waals surface area contributed by atoms with Gasteiger partial charge in [0.25, 0.3) is 5.91 Å². The summed E-state index contributed by atoms with van der Waals surface area (Å²) in [5, 5.41) is 0. The van der Waals surface area contributed by atoms with Crippen molar-refractivity contribution < 1.29 is 9.59 Å². The van der Waals surface area contributed by atoms with E-state index in [1.165, 1.54) is 0 Å². The molecule has 3 aromatic rings. The van der Waals surface area contributed by atoms with E-state index in [2.05, 4.69) is 29.7 Å². The van der Waals surface area contributed by atoms with Crippen LogP contribution in [-0.2, 0) is 18.4 Å². The van der Waals surface area contributed by atoms with Crippen molar-refractivity contribution in [3.05, 3.63) is 84.2 Å². The molecule has 0 spiro atoms. The fraction of sp³-hybridized carbons (Fsp3) is 0.357. The average Bonchev–Trinajstić information content (AvgIpc) is 3.61. The molecule has 5 nitrogen and oxygen atoms in total. The fourth-order valence-electron chi connectivity index (χ4n) is 4.13. The van der Waals surface area contributed by atoms with Crippen molar-refractivity contribution in [3.63, 3.8) is 0 Å². The second kappa shape index (κ2) is 10.1. The van der Waals surface area contributed by atoms with Gasteiger partial charge in [0.2, 0.25) is 5.91 Å². The van der Waals surface area contributed by atoms with Crippen LogP contribution in [-0.4, -0.2) is 44.8 Å². The molecule has 2 aromatic carbocycles. The van der Waals surface area contributed by atoms with Gasteiger partial charge in [-0.25, -0.2) is 0 Å². The monoisotopic (exact) mass is 443 g/mol. The molecule has 5 heteroatoms. The Kier molecular flexibility index (Phi) is 6.97. The third kappa shape index (κ3) is 5.36. The molecule has 33 heavy (non-hydrogen) atoms. The summed E-state index contributed by atoms with van der Waals surface area (Å²) in [6.45, 7) is 4.76. The second-order valence-corrected chi connectivity index (χ2v) is 9.00. The first kappa shape index (κ1) is 22.8. The highest BCUT2D eigenvalue weighted by molar-refractivity contribution is 5.97. The number of aryl methyl sites for hydroxylation is 1. The van der Waals surface area contributed by atoms with Crippen LogP contribution in [0, 0.1) is 0 Å². The van der Waals surface area contributed by atoms with E-state index in [-0.39, 0.29) is 30.4 Å². The minimum atomic E-state index is -0.0908. The topological polar surface area (TPSA) is 45.6 Å². The molecule has 0 N–H and O–H groups in total. The predicted molar refractivity (Wildman–Crippen MR) is 132 cm³/mol. The minimum absolute atomic E-state index is 0.0215. The number of carbonyl (C=O) groups is 2. The Morgan fingerprint density at radius 3 is 2.21 bits per heavy atom. The highest BCUT2D eigenvalue weighted by Gasteiger charge is 2.35. The molecule has 0 saturated heterocycles. The SMILES string of the molecule is CCC(C)N(CC(=O)N(Cc1cccn1C)C1CC1)C(=O)c1ccc(-c2ccccc2)cc1. The summed E-state index contributed by atoms with van der Waals surface area (Å²) in [4.78, 5) is 30.5. The van der Waals surface area contributed by atoms with Gasteiger partial charge in [-0.1, -0.05) is 49.4 Å². The zero-order valence-corrected chi connectivity index (χ0v) is 19.8. The summed E-state index contributed by atoms with van der Waals surface area (Å²) < 4.78 is 2.05. The van der Waals surface area contributed by atoms with Gasteiger partial charge in [-0.3, -0.25) is 9.59 Å². The van der Waals surface area contributed by atoms with Gasteiger partial charge in [-0.2, -0.15) is 0 Å². The quantitative estimate of drug-likeness (QED) is 0.461. The molecular formula is C28H33N3O2. The predicted octanol–water partition coefficient (Wildman–Crippen LogP) is 5.12. The number of benzene rings is 2. The molecule has 0 bridgehead atoms. The molecule has 2 amide bonds. The van der Waals surface area contributed by atoms with Gasteiger partial charge in [0, 0.05) is 36.6 Å². The molecule has 172 valence electrons. The molecule has 4 rings (SSSR count). The Balaban J connectivity index is 1.50. The Morgan fingerprint density at radius 2 is 1.64 bits per heavy atom. The van der Waals surface area contributed by atoms with Crippen molar-refractivity contribution >= 4 is 11.8 Å². The normalized spacial score (nSPS) is 14.0. The van der Waals surface area contributed by atoms with E-state index >= 15 is 0 Å². The molecule has 1 aromatic heterocycles. The van der Waals surface area contributed by atoms with Gasteiger partial charge in [0.05, 0.1) is 6.54 Å². The molecule has 1 aliphatic rings. The van der Waals surface area contributed by atoms with E-state index in [0.29, 0.717) is 12.1 Å². The van der Waals surface area contributed by atoms with Crippen molar-refractivity contribution in [2.45, 2.75) is 51.7 Å². The van der Waals surface area contributed by atoms with Crippen LogP contribution < -0.4 is 0 Å². The summed E-state index contributed by atoms with van der Waals surface area (Å²) >= 11 is 0. The maximum Gasteiger partial charge on any atom is 0.254 e. The van der Waals surface area contributed by atoms with Crippen molar-refractivity contribution in [1.29, 1.82) is 0 Å². The number of nitrogens with zero attached hydrogens (tertiary/aromatic N) is 3. The standard InChI is InChI=1S/C28H33N3O2/c1-4-21(2)30(20-27(32)31(25-16-17-25)19-26-11-8-18-29(26)3)28(33)24-14-12-23(13-15-24)22-9-6-5-7-10-22/h5-15,18,21,25H,4,16-17,19-20H2,1-3H3. The van der Waals surface area contributed by atoms with Gasteiger partial charge < -0.3 is 14.4 Å². The first-order valence-corrected chi connectivity index (χ1v) is 11.8. The van der Waals surface area contributed by atoms with Crippen molar-refractivity contribution in [1.82, 2.24) is 14.4 Å². The van der Waals surface area contributed by atoms with E-state index in [4.69, 9.17) is 0 Å². The van der Waals surface area contributed by atoms with Crippen LogP contribution in [0.15, 0.2) is 72.9 Å². The summed E-state index contributed by atoms with van der Waals surface area (Å²) in [5.74, 6) is -0.0693. The lowest BCUT2D eigenvalue weighted by Gasteiger charge is -2.31. The lowest BCUT2D eigenvalue weighted by molar-refractivity contribution is -0.133. The Hall–Kier alpha value is -3.34. The van der Waals surface area contributed by atoms with Gasteiger partial charge >= 0.3 is 0 Å². The summed E-state index contributed by atoms with van der Waals surface area (Å²) in [6, 6.07) is 22.1. The molecule has 0 radical (unpaired) electrons. The minimum Gasteiger partial charge on any atom is -0.353 e. The molecule has 1 heterocycles. The number of rotatable bonds is 9. The third-order valence-corrected chi connectivity index (χ3v) is 6.62. The number of amides is 2. The molecule has 0 aliphatic heterocycles. The maximum absolute atomic E-state index is 13.5. The third-order valence-electron chi connectivity index (χ3n) is 6.62. The van der Waals surface area contributed by atoms with Gasteiger partial charge in [0.1, 0.15) is 6.54 Å². The molecule has 1 unspecified atom stereocenters. The summed E-state index contributed by atoms with van der Waals surface area (Å²) in [5.41, 5.74) is 3.91. The summed E-state index contributed by atoms with van der Waals surface area (Å²) in [7, 11) is 2.00. The Bertz CT molecular complexity index is 1080. The number of carbonyl (C=O) groups excluding carboxylic acids is 2. The first-order chi connectivity index (χ1) is 16.0. The largest absolute Gasteiger partial charge is 0.353 e. The number of hydrogen-bond acceptors (Lipinski definition) is 2. The van der Waals surface area contributed by atoms with Gasteiger partial charge in [-0.15, -0.1) is 0 Å². The lowest BCUT2D eigenvalue weighted by atomic mass is 10.0. The van der Waals surface area contributed by atoms with Crippen LogP contribution in [0.1, 0.15) is 49.2 Å². The van der Waals surface area contributed by atoms with E-state index in [1.54, 1.807) is 4.90 Å². The average molecular weight is 444 g/mol. The zero-order chi connectivity index (χ0) is 23.4. The van der Waals surface area contributed by atoms with Crippen LogP contribution >= 0.6 is 0 Å². The first-order valence-electron chi connectivity index (χ1n) is 11.8.